The lowest BCUT2D eigenvalue weighted by Gasteiger charge is -2.23. The van der Waals surface area contributed by atoms with E-state index >= 15 is 0 Å². The molecule has 118 valence electrons. The summed E-state index contributed by atoms with van der Waals surface area (Å²) >= 11 is 0. The Bertz CT molecular complexity index is 285. The number of hydrogen-bond donors (Lipinski definition) is 0. The van der Waals surface area contributed by atoms with Crippen molar-refractivity contribution in [1.82, 2.24) is 5.06 Å². The van der Waals surface area contributed by atoms with Crippen LogP contribution in [-0.4, -0.2) is 25.1 Å². The summed E-state index contributed by atoms with van der Waals surface area (Å²) in [5, 5.41) is 1.31. The first-order chi connectivity index (χ1) is 9.53. The number of amides is 1. The minimum Gasteiger partial charge on any atom is -0.275 e. The first kappa shape index (κ1) is 21.2. The summed E-state index contributed by atoms with van der Waals surface area (Å²) in [5.74, 6) is -0.0567. The molecule has 0 aromatic carbocycles. The third-order valence-electron chi connectivity index (χ3n) is 2.90. The second kappa shape index (κ2) is 14.3. The SMILES string of the molecule is C=CCCC(C(=O)N(C)OC)/C(=C/C)CCC.CCC. The standard InChI is InChI=1S/C14H25NO2.C3H8/c1-6-9-11-13(12(8-3)10-7-2)14(16)15(4)17-5;1-3-2/h6,8,13H,1,7,9-11H2,2-5H3;3H2,1-2H3/b12-8+;. The van der Waals surface area contributed by atoms with Gasteiger partial charge in [-0.25, -0.2) is 5.06 Å². The number of nitrogens with zero attached hydrogens (tertiary/aromatic N) is 1. The van der Waals surface area contributed by atoms with E-state index in [1.165, 1.54) is 24.2 Å². The van der Waals surface area contributed by atoms with Crippen LogP contribution < -0.4 is 0 Å². The van der Waals surface area contributed by atoms with Gasteiger partial charge in [-0.3, -0.25) is 9.63 Å². The molecule has 1 unspecified atom stereocenters. The predicted octanol–water partition coefficient (Wildman–Crippen LogP) is 4.75. The molecular formula is C17H33NO2. The molecule has 0 N–H and O–H groups in total. The zero-order valence-corrected chi connectivity index (χ0v) is 14.2. The van der Waals surface area contributed by atoms with Crippen molar-refractivity contribution in [3.8, 4) is 0 Å². The molecule has 0 saturated carbocycles. The molecule has 0 bridgehead atoms. The van der Waals surface area contributed by atoms with Crippen LogP contribution in [0.5, 0.6) is 0 Å². The van der Waals surface area contributed by atoms with E-state index < -0.39 is 0 Å². The van der Waals surface area contributed by atoms with Crippen LogP contribution in [0.15, 0.2) is 24.3 Å². The summed E-state index contributed by atoms with van der Waals surface area (Å²) in [4.78, 5) is 17.2. The Balaban J connectivity index is 0. The average molecular weight is 283 g/mol. The summed E-state index contributed by atoms with van der Waals surface area (Å²) < 4.78 is 0. The van der Waals surface area contributed by atoms with E-state index in [4.69, 9.17) is 4.84 Å². The Hall–Kier alpha value is -1.09. The molecule has 0 aromatic heterocycles. The highest BCUT2D eigenvalue weighted by Crippen LogP contribution is 2.24. The number of hydroxylamine groups is 2. The van der Waals surface area contributed by atoms with Gasteiger partial charge in [-0.2, -0.15) is 0 Å². The summed E-state index contributed by atoms with van der Waals surface area (Å²) in [6.45, 7) is 12.1. The molecule has 1 amide bonds. The van der Waals surface area contributed by atoms with Crippen LogP contribution in [0, 0.1) is 5.92 Å². The zero-order chi connectivity index (χ0) is 16.0. The van der Waals surface area contributed by atoms with E-state index in [2.05, 4.69) is 33.4 Å². The molecule has 0 aliphatic heterocycles. The number of hydrogen-bond acceptors (Lipinski definition) is 2. The topological polar surface area (TPSA) is 29.5 Å². The molecule has 0 spiro atoms. The van der Waals surface area contributed by atoms with Crippen LogP contribution in [0.25, 0.3) is 0 Å². The van der Waals surface area contributed by atoms with Gasteiger partial charge in [0, 0.05) is 7.05 Å². The van der Waals surface area contributed by atoms with Gasteiger partial charge in [0.25, 0.3) is 5.91 Å². The molecule has 1 atom stereocenters. The largest absolute Gasteiger partial charge is 0.275 e. The number of allylic oxidation sites excluding steroid dienone is 2. The van der Waals surface area contributed by atoms with Gasteiger partial charge in [-0.15, -0.1) is 6.58 Å². The van der Waals surface area contributed by atoms with E-state index in [-0.39, 0.29) is 11.8 Å². The lowest BCUT2D eigenvalue weighted by molar-refractivity contribution is -0.172. The van der Waals surface area contributed by atoms with Crippen LogP contribution >= 0.6 is 0 Å². The molecule has 0 rings (SSSR count). The lowest BCUT2D eigenvalue weighted by atomic mass is 9.90. The lowest BCUT2D eigenvalue weighted by Crippen LogP contribution is -2.33. The van der Waals surface area contributed by atoms with Gasteiger partial charge in [0.15, 0.2) is 0 Å². The molecule has 3 nitrogen and oxygen atoms in total. The van der Waals surface area contributed by atoms with Crippen LogP contribution in [0.2, 0.25) is 0 Å². The molecule has 0 radical (unpaired) electrons. The van der Waals surface area contributed by atoms with E-state index in [0.717, 1.165) is 25.7 Å². The van der Waals surface area contributed by atoms with Gasteiger partial charge in [-0.05, 0) is 26.2 Å². The van der Waals surface area contributed by atoms with Gasteiger partial charge in [0.05, 0.1) is 13.0 Å². The summed E-state index contributed by atoms with van der Waals surface area (Å²) in [7, 11) is 3.17. The number of carbonyl (C=O) groups is 1. The Morgan fingerprint density at radius 1 is 1.35 bits per heavy atom. The van der Waals surface area contributed by atoms with Crippen molar-refractivity contribution in [2.24, 2.45) is 5.92 Å². The molecule has 0 aliphatic rings. The fourth-order valence-corrected chi connectivity index (χ4v) is 1.87. The van der Waals surface area contributed by atoms with Crippen molar-refractivity contribution in [3.63, 3.8) is 0 Å². The molecule has 0 fully saturated rings. The predicted molar refractivity (Wildman–Crippen MR) is 87.3 cm³/mol. The summed E-state index contributed by atoms with van der Waals surface area (Å²) in [6.07, 6.45) is 8.81. The van der Waals surface area contributed by atoms with E-state index in [0.29, 0.717) is 0 Å². The van der Waals surface area contributed by atoms with Crippen LogP contribution in [0.1, 0.15) is 59.8 Å². The van der Waals surface area contributed by atoms with Crippen molar-refractivity contribution in [3.05, 3.63) is 24.3 Å². The molecule has 0 heterocycles. The van der Waals surface area contributed by atoms with E-state index in [1.807, 2.05) is 13.0 Å². The minimum atomic E-state index is -0.0806. The molecular weight excluding hydrogens is 250 g/mol. The van der Waals surface area contributed by atoms with Crippen LogP contribution in [0.4, 0.5) is 0 Å². The molecule has 0 aliphatic carbocycles. The van der Waals surface area contributed by atoms with Crippen molar-refractivity contribution >= 4 is 5.91 Å². The summed E-state index contributed by atoms with van der Waals surface area (Å²) in [6, 6.07) is 0. The quantitative estimate of drug-likeness (QED) is 0.475. The van der Waals surface area contributed by atoms with Gasteiger partial charge < -0.3 is 0 Å². The third kappa shape index (κ3) is 8.92. The maximum atomic E-state index is 12.2. The van der Waals surface area contributed by atoms with Gasteiger partial charge in [-0.1, -0.05) is 51.3 Å². The first-order valence-electron chi connectivity index (χ1n) is 7.61. The van der Waals surface area contributed by atoms with Crippen molar-refractivity contribution in [2.75, 3.05) is 14.2 Å². The van der Waals surface area contributed by atoms with E-state index in [1.54, 1.807) is 7.05 Å². The van der Waals surface area contributed by atoms with Crippen LogP contribution in [0.3, 0.4) is 0 Å². The fourth-order valence-electron chi connectivity index (χ4n) is 1.87. The highest BCUT2D eigenvalue weighted by molar-refractivity contribution is 5.80. The van der Waals surface area contributed by atoms with E-state index in [9.17, 15) is 4.79 Å². The highest BCUT2D eigenvalue weighted by Gasteiger charge is 2.24. The normalized spacial score (nSPS) is 12.2. The smallest absolute Gasteiger partial charge is 0.253 e. The fraction of sp³-hybridized carbons (Fsp3) is 0.706. The third-order valence-corrected chi connectivity index (χ3v) is 2.90. The Morgan fingerprint density at radius 3 is 2.25 bits per heavy atom. The van der Waals surface area contributed by atoms with Crippen molar-refractivity contribution in [2.45, 2.75) is 59.8 Å². The van der Waals surface area contributed by atoms with Crippen LogP contribution in [-0.2, 0) is 9.63 Å². The number of carbonyl (C=O) groups excluding carboxylic acids is 1. The van der Waals surface area contributed by atoms with Crippen molar-refractivity contribution < 1.29 is 9.63 Å². The van der Waals surface area contributed by atoms with Gasteiger partial charge in [0.1, 0.15) is 0 Å². The maximum absolute atomic E-state index is 12.2. The molecule has 20 heavy (non-hydrogen) atoms. The Morgan fingerprint density at radius 2 is 1.90 bits per heavy atom. The highest BCUT2D eigenvalue weighted by atomic mass is 16.7. The molecule has 0 aromatic rings. The molecule has 0 saturated heterocycles. The minimum absolute atomic E-state index is 0.0240. The number of rotatable bonds is 8. The Labute approximate surface area is 125 Å². The Kier molecular flexibility index (Phi) is 15.2. The van der Waals surface area contributed by atoms with Crippen molar-refractivity contribution in [1.29, 1.82) is 0 Å². The zero-order valence-electron chi connectivity index (χ0n) is 14.2. The second-order valence-corrected chi connectivity index (χ2v) is 4.76. The van der Waals surface area contributed by atoms with Gasteiger partial charge in [0.2, 0.25) is 0 Å². The monoisotopic (exact) mass is 283 g/mol. The first-order valence-corrected chi connectivity index (χ1v) is 7.61. The second-order valence-electron chi connectivity index (χ2n) is 4.76. The van der Waals surface area contributed by atoms with Gasteiger partial charge >= 0.3 is 0 Å². The maximum Gasteiger partial charge on any atom is 0.253 e. The summed E-state index contributed by atoms with van der Waals surface area (Å²) in [5.41, 5.74) is 1.20. The average Bonchev–Trinajstić information content (AvgIpc) is 2.45. The molecule has 3 heteroatoms.